The van der Waals surface area contributed by atoms with Gasteiger partial charge in [-0.3, -0.25) is 9.89 Å². The van der Waals surface area contributed by atoms with Gasteiger partial charge in [-0.1, -0.05) is 39.5 Å². The van der Waals surface area contributed by atoms with Gasteiger partial charge < -0.3 is 20.1 Å². The Bertz CT molecular complexity index is 405. The van der Waals surface area contributed by atoms with Gasteiger partial charge in [0.1, 0.15) is 0 Å². The minimum absolute atomic E-state index is 0.492. The van der Waals surface area contributed by atoms with E-state index in [1.807, 2.05) is 7.05 Å². The van der Waals surface area contributed by atoms with Crippen LogP contribution >= 0.6 is 0 Å². The van der Waals surface area contributed by atoms with Crippen molar-refractivity contribution in [1.82, 2.24) is 15.5 Å². The maximum Gasteiger partial charge on any atom is 0.191 e. The van der Waals surface area contributed by atoms with E-state index in [1.165, 1.54) is 32.1 Å². The molecule has 0 spiro atoms. The van der Waals surface area contributed by atoms with E-state index >= 15 is 0 Å². The monoisotopic (exact) mass is 382 g/mol. The second kappa shape index (κ2) is 13.3. The van der Waals surface area contributed by atoms with Gasteiger partial charge in [0.05, 0.1) is 19.8 Å². The first-order valence-corrected chi connectivity index (χ1v) is 11.0. The smallest absolute Gasteiger partial charge is 0.191 e. The number of rotatable bonds is 11. The highest BCUT2D eigenvalue weighted by molar-refractivity contribution is 5.79. The quantitative estimate of drug-likeness (QED) is 0.327. The van der Waals surface area contributed by atoms with E-state index in [0.29, 0.717) is 12.0 Å². The van der Waals surface area contributed by atoms with E-state index < -0.39 is 0 Å². The molecule has 0 saturated carbocycles. The van der Waals surface area contributed by atoms with Gasteiger partial charge in [0, 0.05) is 51.8 Å². The fourth-order valence-corrected chi connectivity index (χ4v) is 4.02. The average molecular weight is 383 g/mol. The first-order valence-electron chi connectivity index (χ1n) is 11.0. The normalized spacial score (nSPS) is 23.0. The summed E-state index contributed by atoms with van der Waals surface area (Å²) in [6.45, 7) is 12.0. The predicted octanol–water partition coefficient (Wildman–Crippen LogP) is 2.50. The van der Waals surface area contributed by atoms with Crippen LogP contribution in [0.3, 0.4) is 0 Å². The molecule has 2 aliphatic rings. The third-order valence-corrected chi connectivity index (χ3v) is 5.73. The number of aliphatic imine (C=N–C) groups is 1. The van der Waals surface area contributed by atoms with Crippen LogP contribution in [0.2, 0.25) is 0 Å². The van der Waals surface area contributed by atoms with E-state index in [1.54, 1.807) is 0 Å². The van der Waals surface area contributed by atoms with Gasteiger partial charge in [-0.15, -0.1) is 0 Å². The third kappa shape index (κ3) is 8.79. The van der Waals surface area contributed by atoms with Crippen molar-refractivity contribution in [2.45, 2.75) is 58.4 Å². The Hall–Kier alpha value is -0.850. The summed E-state index contributed by atoms with van der Waals surface area (Å²) in [5, 5.41) is 7.04. The Morgan fingerprint density at radius 2 is 1.81 bits per heavy atom. The summed E-state index contributed by atoms with van der Waals surface area (Å²) in [6, 6.07) is 0.492. The van der Waals surface area contributed by atoms with Crippen molar-refractivity contribution in [3.63, 3.8) is 0 Å². The highest BCUT2D eigenvalue weighted by atomic mass is 16.5. The van der Waals surface area contributed by atoms with Gasteiger partial charge in [0.2, 0.25) is 0 Å². The maximum atomic E-state index is 5.66. The van der Waals surface area contributed by atoms with Crippen LogP contribution < -0.4 is 10.6 Å². The van der Waals surface area contributed by atoms with Gasteiger partial charge in [0.15, 0.2) is 5.96 Å². The van der Waals surface area contributed by atoms with Crippen molar-refractivity contribution in [3.05, 3.63) is 0 Å². The zero-order chi connectivity index (χ0) is 19.3. The van der Waals surface area contributed by atoms with Gasteiger partial charge >= 0.3 is 0 Å². The lowest BCUT2D eigenvalue weighted by atomic mass is 9.97. The molecule has 0 aromatic carbocycles. The van der Waals surface area contributed by atoms with Crippen LogP contribution in [0.15, 0.2) is 4.99 Å². The summed E-state index contributed by atoms with van der Waals surface area (Å²) in [4.78, 5) is 6.98. The highest BCUT2D eigenvalue weighted by Crippen LogP contribution is 2.21. The molecular weight excluding hydrogens is 340 g/mol. The molecule has 2 aliphatic heterocycles. The summed E-state index contributed by atoms with van der Waals surface area (Å²) < 4.78 is 11.2. The SMILES string of the molecule is CN=C(NCCCCCCC(C)C)NCC(C1CCOC1)N1CCOCC1. The van der Waals surface area contributed by atoms with Crippen LogP contribution in [0.5, 0.6) is 0 Å². The summed E-state index contributed by atoms with van der Waals surface area (Å²) in [6.07, 6.45) is 7.72. The Morgan fingerprint density at radius 1 is 1.04 bits per heavy atom. The number of nitrogens with zero attached hydrogens (tertiary/aromatic N) is 2. The number of hydrogen-bond acceptors (Lipinski definition) is 4. The third-order valence-electron chi connectivity index (χ3n) is 5.73. The van der Waals surface area contributed by atoms with Gasteiger partial charge in [-0.2, -0.15) is 0 Å². The summed E-state index contributed by atoms with van der Waals surface area (Å²) >= 11 is 0. The fraction of sp³-hybridized carbons (Fsp3) is 0.952. The summed E-state index contributed by atoms with van der Waals surface area (Å²) in [5.74, 6) is 2.36. The van der Waals surface area contributed by atoms with Crippen LogP contribution in [-0.4, -0.2) is 76.6 Å². The zero-order valence-corrected chi connectivity index (χ0v) is 17.8. The second-order valence-corrected chi connectivity index (χ2v) is 8.32. The first kappa shape index (κ1) is 22.4. The van der Waals surface area contributed by atoms with Crippen LogP contribution in [0.1, 0.15) is 52.4 Å². The van der Waals surface area contributed by atoms with Crippen molar-refractivity contribution < 1.29 is 9.47 Å². The molecule has 6 heteroatoms. The van der Waals surface area contributed by atoms with E-state index in [2.05, 4.69) is 34.4 Å². The Kier molecular flexibility index (Phi) is 11.1. The largest absolute Gasteiger partial charge is 0.381 e. The van der Waals surface area contributed by atoms with Gasteiger partial charge in [-0.05, 0) is 18.8 Å². The summed E-state index contributed by atoms with van der Waals surface area (Å²) in [7, 11) is 1.86. The van der Waals surface area contributed by atoms with E-state index in [9.17, 15) is 0 Å². The van der Waals surface area contributed by atoms with Crippen molar-refractivity contribution in [3.8, 4) is 0 Å². The topological polar surface area (TPSA) is 58.1 Å². The molecule has 2 heterocycles. The Morgan fingerprint density at radius 3 is 2.48 bits per heavy atom. The number of unbranched alkanes of at least 4 members (excludes halogenated alkanes) is 3. The molecule has 27 heavy (non-hydrogen) atoms. The number of guanidine groups is 1. The maximum absolute atomic E-state index is 5.66. The van der Waals surface area contributed by atoms with Crippen LogP contribution in [0.25, 0.3) is 0 Å². The van der Waals surface area contributed by atoms with Crippen LogP contribution in [0, 0.1) is 11.8 Å². The molecule has 0 radical (unpaired) electrons. The second-order valence-electron chi connectivity index (χ2n) is 8.32. The van der Waals surface area contributed by atoms with Crippen molar-refractivity contribution in [2.75, 3.05) is 59.7 Å². The zero-order valence-electron chi connectivity index (χ0n) is 17.8. The lowest BCUT2D eigenvalue weighted by Gasteiger charge is -2.37. The van der Waals surface area contributed by atoms with E-state index in [4.69, 9.17) is 9.47 Å². The van der Waals surface area contributed by atoms with Crippen molar-refractivity contribution in [1.29, 1.82) is 0 Å². The molecule has 2 atom stereocenters. The molecule has 2 unspecified atom stereocenters. The van der Waals surface area contributed by atoms with E-state index in [0.717, 1.165) is 70.9 Å². The lowest BCUT2D eigenvalue weighted by Crippen LogP contribution is -2.53. The highest BCUT2D eigenvalue weighted by Gasteiger charge is 2.31. The summed E-state index contributed by atoms with van der Waals surface area (Å²) in [5.41, 5.74) is 0. The molecular formula is C21H42N4O2. The molecule has 2 N–H and O–H groups in total. The fourth-order valence-electron chi connectivity index (χ4n) is 4.02. The number of ether oxygens (including phenoxy) is 2. The first-order chi connectivity index (χ1) is 13.2. The molecule has 2 saturated heterocycles. The molecule has 0 bridgehead atoms. The van der Waals surface area contributed by atoms with Gasteiger partial charge in [-0.25, -0.2) is 0 Å². The van der Waals surface area contributed by atoms with Crippen molar-refractivity contribution in [2.24, 2.45) is 16.8 Å². The molecule has 0 aromatic heterocycles. The number of nitrogens with one attached hydrogen (secondary N) is 2. The Labute approximate surface area is 166 Å². The molecule has 158 valence electrons. The van der Waals surface area contributed by atoms with Crippen LogP contribution in [-0.2, 0) is 9.47 Å². The van der Waals surface area contributed by atoms with Crippen molar-refractivity contribution >= 4 is 5.96 Å². The average Bonchev–Trinajstić information content (AvgIpc) is 3.21. The molecule has 2 fully saturated rings. The lowest BCUT2D eigenvalue weighted by molar-refractivity contribution is 0.00247. The molecule has 0 aromatic rings. The number of hydrogen-bond donors (Lipinski definition) is 2. The standard InChI is InChI=1S/C21H42N4O2/c1-18(2)8-6-4-5-7-10-23-21(22-3)24-16-20(19-9-13-27-17-19)25-11-14-26-15-12-25/h18-20H,4-17H2,1-3H3,(H2,22,23,24). The minimum Gasteiger partial charge on any atom is -0.381 e. The van der Waals surface area contributed by atoms with Crippen LogP contribution in [0.4, 0.5) is 0 Å². The predicted molar refractivity (Wildman–Crippen MR) is 112 cm³/mol. The van der Waals surface area contributed by atoms with E-state index in [-0.39, 0.29) is 0 Å². The molecule has 2 rings (SSSR count). The molecule has 6 nitrogen and oxygen atoms in total. The minimum atomic E-state index is 0.492. The number of morpholine rings is 1. The van der Waals surface area contributed by atoms with Gasteiger partial charge in [0.25, 0.3) is 0 Å². The molecule has 0 aliphatic carbocycles. The molecule has 0 amide bonds. The Balaban J connectivity index is 1.67.